The molecule has 2 nitrogen and oxygen atoms in total. The zero-order valence-electron chi connectivity index (χ0n) is 12.7. The predicted octanol–water partition coefficient (Wildman–Crippen LogP) is 5.73. The number of rotatable bonds is 9. The van der Waals surface area contributed by atoms with Crippen molar-refractivity contribution in [2.45, 2.75) is 65.2 Å². The van der Waals surface area contributed by atoms with Gasteiger partial charge in [0.15, 0.2) is 0 Å². The summed E-state index contributed by atoms with van der Waals surface area (Å²) in [6, 6.07) is 5.59. The summed E-state index contributed by atoms with van der Waals surface area (Å²) in [6.07, 6.45) is 9.18. The lowest BCUT2D eigenvalue weighted by atomic mass is 10.1. The molecule has 0 atom stereocenters. The molecule has 0 bridgehead atoms. The average molecular weight is 296 g/mol. The fourth-order valence-corrected chi connectivity index (χ4v) is 2.37. The topological polar surface area (TPSA) is 29.1 Å². The van der Waals surface area contributed by atoms with Crippen LogP contribution in [0.3, 0.4) is 0 Å². The van der Waals surface area contributed by atoms with Gasteiger partial charge in [-0.05, 0) is 31.0 Å². The van der Waals surface area contributed by atoms with E-state index < -0.39 is 0 Å². The second-order valence-electron chi connectivity index (χ2n) is 5.33. The number of anilines is 1. The molecular weight excluding hydrogens is 270 g/mol. The first-order chi connectivity index (χ1) is 9.65. The molecule has 1 aromatic carbocycles. The van der Waals surface area contributed by atoms with Crippen molar-refractivity contribution in [3.8, 4) is 0 Å². The molecule has 0 aliphatic heterocycles. The van der Waals surface area contributed by atoms with E-state index in [2.05, 4.69) is 12.2 Å². The minimum Gasteiger partial charge on any atom is -0.326 e. The highest BCUT2D eigenvalue weighted by atomic mass is 35.5. The van der Waals surface area contributed by atoms with Crippen LogP contribution in [0.2, 0.25) is 5.02 Å². The maximum Gasteiger partial charge on any atom is 0.224 e. The van der Waals surface area contributed by atoms with Crippen LogP contribution in [-0.4, -0.2) is 5.91 Å². The Morgan fingerprint density at radius 1 is 1.10 bits per heavy atom. The third-order valence-corrected chi connectivity index (χ3v) is 3.96. The van der Waals surface area contributed by atoms with Gasteiger partial charge in [0.1, 0.15) is 0 Å². The average Bonchev–Trinajstić information content (AvgIpc) is 2.43. The SMILES string of the molecule is CCCCCCCCCC(=O)Nc1cccc(Cl)c1C. The van der Waals surface area contributed by atoms with Crippen molar-refractivity contribution < 1.29 is 4.79 Å². The Morgan fingerprint density at radius 2 is 1.75 bits per heavy atom. The smallest absolute Gasteiger partial charge is 0.224 e. The lowest BCUT2D eigenvalue weighted by Gasteiger charge is -2.09. The van der Waals surface area contributed by atoms with Gasteiger partial charge in [-0.2, -0.15) is 0 Å². The van der Waals surface area contributed by atoms with Gasteiger partial charge in [-0.15, -0.1) is 0 Å². The number of unbranched alkanes of at least 4 members (excludes halogenated alkanes) is 6. The molecule has 0 radical (unpaired) electrons. The van der Waals surface area contributed by atoms with Crippen LogP contribution in [0.1, 0.15) is 63.9 Å². The Labute approximate surface area is 127 Å². The number of benzene rings is 1. The van der Waals surface area contributed by atoms with Crippen molar-refractivity contribution in [3.63, 3.8) is 0 Å². The number of carbonyl (C=O) groups is 1. The lowest BCUT2D eigenvalue weighted by Crippen LogP contribution is -2.12. The maximum atomic E-state index is 11.9. The molecule has 112 valence electrons. The summed E-state index contributed by atoms with van der Waals surface area (Å²) in [6.45, 7) is 4.15. The van der Waals surface area contributed by atoms with Crippen molar-refractivity contribution >= 4 is 23.2 Å². The highest BCUT2D eigenvalue weighted by Crippen LogP contribution is 2.23. The van der Waals surface area contributed by atoms with Crippen LogP contribution in [0.4, 0.5) is 5.69 Å². The molecule has 0 fully saturated rings. The number of halogens is 1. The minimum atomic E-state index is 0.0870. The first-order valence-corrected chi connectivity index (χ1v) is 8.08. The van der Waals surface area contributed by atoms with Crippen molar-refractivity contribution in [2.24, 2.45) is 0 Å². The molecule has 3 heteroatoms. The van der Waals surface area contributed by atoms with Gasteiger partial charge in [-0.3, -0.25) is 4.79 Å². The van der Waals surface area contributed by atoms with Crippen LogP contribution in [-0.2, 0) is 4.79 Å². The Balaban J connectivity index is 2.19. The lowest BCUT2D eigenvalue weighted by molar-refractivity contribution is -0.116. The normalized spacial score (nSPS) is 10.6. The molecule has 1 rings (SSSR count). The Morgan fingerprint density at radius 3 is 2.45 bits per heavy atom. The summed E-state index contributed by atoms with van der Waals surface area (Å²) < 4.78 is 0. The van der Waals surface area contributed by atoms with Crippen LogP contribution in [0.15, 0.2) is 18.2 Å². The highest BCUT2D eigenvalue weighted by molar-refractivity contribution is 6.31. The zero-order chi connectivity index (χ0) is 14.8. The highest BCUT2D eigenvalue weighted by Gasteiger charge is 2.06. The van der Waals surface area contributed by atoms with Crippen LogP contribution >= 0.6 is 11.6 Å². The minimum absolute atomic E-state index is 0.0870. The molecule has 20 heavy (non-hydrogen) atoms. The Hall–Kier alpha value is -1.02. The van der Waals surface area contributed by atoms with Gasteiger partial charge in [0.25, 0.3) is 0 Å². The molecule has 0 unspecified atom stereocenters. The van der Waals surface area contributed by atoms with E-state index in [-0.39, 0.29) is 5.91 Å². The first kappa shape index (κ1) is 17.0. The first-order valence-electron chi connectivity index (χ1n) is 7.70. The molecule has 1 amide bonds. The molecule has 1 N–H and O–H groups in total. The van der Waals surface area contributed by atoms with Gasteiger partial charge >= 0.3 is 0 Å². The van der Waals surface area contributed by atoms with E-state index in [1.54, 1.807) is 0 Å². The number of hydrogen-bond acceptors (Lipinski definition) is 1. The molecule has 0 spiro atoms. The van der Waals surface area contributed by atoms with Gasteiger partial charge in [0, 0.05) is 17.1 Å². The summed E-state index contributed by atoms with van der Waals surface area (Å²) in [5.74, 6) is 0.0870. The monoisotopic (exact) mass is 295 g/mol. The summed E-state index contributed by atoms with van der Waals surface area (Å²) in [7, 11) is 0. The Kier molecular flexibility index (Phi) is 8.36. The molecule has 0 aliphatic rings. The zero-order valence-corrected chi connectivity index (χ0v) is 13.4. The molecule has 0 heterocycles. The summed E-state index contributed by atoms with van der Waals surface area (Å²) in [5.41, 5.74) is 1.76. The fourth-order valence-electron chi connectivity index (χ4n) is 2.20. The maximum absolute atomic E-state index is 11.9. The molecule has 0 saturated carbocycles. The van der Waals surface area contributed by atoms with E-state index in [1.807, 2.05) is 25.1 Å². The van der Waals surface area contributed by atoms with Gasteiger partial charge in [-0.1, -0.05) is 63.1 Å². The van der Waals surface area contributed by atoms with Gasteiger partial charge in [0.2, 0.25) is 5.91 Å². The number of nitrogens with one attached hydrogen (secondary N) is 1. The van der Waals surface area contributed by atoms with Gasteiger partial charge in [0.05, 0.1) is 0 Å². The van der Waals surface area contributed by atoms with Crippen LogP contribution < -0.4 is 5.32 Å². The van der Waals surface area contributed by atoms with Gasteiger partial charge < -0.3 is 5.32 Å². The third-order valence-electron chi connectivity index (χ3n) is 3.55. The molecule has 0 aromatic heterocycles. The number of amides is 1. The van der Waals surface area contributed by atoms with Crippen LogP contribution in [0.25, 0.3) is 0 Å². The van der Waals surface area contributed by atoms with E-state index in [4.69, 9.17) is 11.6 Å². The van der Waals surface area contributed by atoms with E-state index in [0.29, 0.717) is 11.4 Å². The Bertz CT molecular complexity index is 417. The second-order valence-corrected chi connectivity index (χ2v) is 5.74. The van der Waals surface area contributed by atoms with Crippen LogP contribution in [0.5, 0.6) is 0 Å². The number of hydrogen-bond donors (Lipinski definition) is 1. The summed E-state index contributed by atoms with van der Waals surface area (Å²) in [4.78, 5) is 11.9. The summed E-state index contributed by atoms with van der Waals surface area (Å²) in [5, 5.41) is 3.63. The number of carbonyl (C=O) groups excluding carboxylic acids is 1. The molecule has 0 saturated heterocycles. The molecule has 0 aliphatic carbocycles. The standard InChI is InChI=1S/C17H26ClNO/c1-3-4-5-6-7-8-9-13-17(20)19-16-12-10-11-15(18)14(16)2/h10-12H,3-9,13H2,1-2H3,(H,19,20). The van der Waals surface area contributed by atoms with Crippen molar-refractivity contribution in [3.05, 3.63) is 28.8 Å². The van der Waals surface area contributed by atoms with E-state index in [0.717, 1.165) is 24.1 Å². The van der Waals surface area contributed by atoms with Crippen molar-refractivity contribution in [2.75, 3.05) is 5.32 Å². The largest absolute Gasteiger partial charge is 0.326 e. The third kappa shape index (κ3) is 6.42. The molecular formula is C17H26ClNO. The quantitative estimate of drug-likeness (QED) is 0.579. The van der Waals surface area contributed by atoms with E-state index in [9.17, 15) is 4.79 Å². The predicted molar refractivity (Wildman–Crippen MR) is 87.4 cm³/mol. The van der Waals surface area contributed by atoms with Crippen molar-refractivity contribution in [1.29, 1.82) is 0 Å². The van der Waals surface area contributed by atoms with E-state index >= 15 is 0 Å². The fraction of sp³-hybridized carbons (Fsp3) is 0.588. The van der Waals surface area contributed by atoms with E-state index in [1.165, 1.54) is 32.1 Å². The summed E-state index contributed by atoms with van der Waals surface area (Å²) >= 11 is 6.03. The second kappa shape index (κ2) is 9.82. The van der Waals surface area contributed by atoms with Gasteiger partial charge in [-0.25, -0.2) is 0 Å². The molecule has 1 aromatic rings. The van der Waals surface area contributed by atoms with Crippen LogP contribution in [0, 0.1) is 6.92 Å². The van der Waals surface area contributed by atoms with Crippen molar-refractivity contribution in [1.82, 2.24) is 0 Å².